The molecule has 5 heteroatoms. The lowest BCUT2D eigenvalue weighted by atomic mass is 9.97. The van der Waals surface area contributed by atoms with E-state index in [2.05, 4.69) is 46.7 Å². The molecule has 0 spiro atoms. The highest BCUT2D eigenvalue weighted by Crippen LogP contribution is 2.40. The van der Waals surface area contributed by atoms with Crippen molar-refractivity contribution in [3.05, 3.63) is 94.3 Å². The van der Waals surface area contributed by atoms with E-state index in [9.17, 15) is 4.79 Å². The number of aromatic nitrogens is 1. The molecule has 1 aromatic heterocycles. The lowest BCUT2D eigenvalue weighted by Gasteiger charge is -2.15. The Bertz CT molecular complexity index is 1290. The van der Waals surface area contributed by atoms with Crippen molar-refractivity contribution >= 4 is 23.0 Å². The third kappa shape index (κ3) is 3.44. The van der Waals surface area contributed by atoms with Crippen LogP contribution in [-0.2, 0) is 17.8 Å². The zero-order valence-electron chi connectivity index (χ0n) is 18.0. The highest BCUT2D eigenvalue weighted by molar-refractivity contribution is 6.41. The molecule has 1 N–H and O–H groups in total. The second-order valence-electron chi connectivity index (χ2n) is 8.91. The van der Waals surface area contributed by atoms with Crippen LogP contribution in [0.5, 0.6) is 0 Å². The van der Waals surface area contributed by atoms with Gasteiger partial charge in [-0.3, -0.25) is 14.8 Å². The number of hydrogen-bond acceptors (Lipinski definition) is 4. The minimum atomic E-state index is -0.0892. The van der Waals surface area contributed by atoms with Crippen molar-refractivity contribution in [2.24, 2.45) is 9.98 Å². The maximum Gasteiger partial charge on any atom is 0.266 e. The summed E-state index contributed by atoms with van der Waals surface area (Å²) in [6.07, 6.45) is 6.68. The Morgan fingerprint density at radius 2 is 1.91 bits per heavy atom. The summed E-state index contributed by atoms with van der Waals surface area (Å²) < 4.78 is 0. The molecule has 1 saturated carbocycles. The molecule has 0 saturated heterocycles. The molecule has 32 heavy (non-hydrogen) atoms. The van der Waals surface area contributed by atoms with E-state index in [0.29, 0.717) is 24.6 Å². The third-order valence-electron chi connectivity index (χ3n) is 6.60. The summed E-state index contributed by atoms with van der Waals surface area (Å²) in [5.41, 5.74) is 9.42. The van der Waals surface area contributed by atoms with Crippen LogP contribution in [-0.4, -0.2) is 22.3 Å². The molecular formula is C27H24N4O. The number of nitrogens with zero attached hydrogens (tertiary/aromatic N) is 3. The molecule has 0 unspecified atom stereocenters. The van der Waals surface area contributed by atoms with E-state index in [4.69, 9.17) is 9.98 Å². The minimum Gasteiger partial charge on any atom is -0.344 e. The predicted molar refractivity (Wildman–Crippen MR) is 126 cm³/mol. The number of fused-ring (bicyclic) bond motifs is 2. The zero-order valence-corrected chi connectivity index (χ0v) is 18.0. The van der Waals surface area contributed by atoms with Gasteiger partial charge in [-0.15, -0.1) is 0 Å². The van der Waals surface area contributed by atoms with Gasteiger partial charge in [0.15, 0.2) is 0 Å². The predicted octanol–water partition coefficient (Wildman–Crippen LogP) is 4.82. The first-order valence-corrected chi connectivity index (χ1v) is 11.2. The summed E-state index contributed by atoms with van der Waals surface area (Å²) in [6, 6.07) is 16.8. The highest BCUT2D eigenvalue weighted by Gasteiger charge is 2.27. The Morgan fingerprint density at radius 3 is 2.72 bits per heavy atom. The Balaban J connectivity index is 1.21. The molecule has 1 amide bonds. The number of carbonyl (C=O) groups excluding carboxylic acids is 1. The molecular weight excluding hydrogens is 396 g/mol. The Morgan fingerprint density at radius 1 is 1.06 bits per heavy atom. The number of rotatable bonds is 5. The molecule has 1 fully saturated rings. The Hall–Kier alpha value is -3.60. The molecule has 3 aromatic rings. The fourth-order valence-corrected chi connectivity index (χ4v) is 4.65. The molecule has 2 aliphatic heterocycles. The summed E-state index contributed by atoms with van der Waals surface area (Å²) in [5.74, 6) is 0.614. The molecule has 2 aromatic carbocycles. The van der Waals surface area contributed by atoms with Crippen LogP contribution in [0.4, 0.5) is 5.69 Å². The molecule has 1 atom stereocenters. The standard InChI is InChI=1S/C27H24N4O/c1-16(19-3-2-4-20(11-19)17-5-6-17)30-27(32)25-13-21-12-22-15-29-26(18-7-9-28-10-8-18)23(22)14-24(21)31-25/h2-4,7-12,14,16-17H,5-6,13,15H2,1H3,(H,30,32)/t16-/m1/s1. The largest absolute Gasteiger partial charge is 0.344 e. The second kappa shape index (κ2) is 7.52. The highest BCUT2D eigenvalue weighted by atomic mass is 16.2. The second-order valence-corrected chi connectivity index (χ2v) is 8.91. The lowest BCUT2D eigenvalue weighted by Crippen LogP contribution is -2.33. The van der Waals surface area contributed by atoms with Crippen molar-refractivity contribution in [1.29, 1.82) is 0 Å². The quantitative estimate of drug-likeness (QED) is 0.643. The van der Waals surface area contributed by atoms with E-state index in [1.165, 1.54) is 24.0 Å². The normalized spacial score (nSPS) is 17.3. The molecule has 158 valence electrons. The molecule has 0 radical (unpaired) electrons. The number of hydrogen-bond donors (Lipinski definition) is 1. The van der Waals surface area contributed by atoms with E-state index in [1.54, 1.807) is 12.4 Å². The van der Waals surface area contributed by atoms with Gasteiger partial charge in [0.25, 0.3) is 5.91 Å². The van der Waals surface area contributed by atoms with Crippen molar-refractivity contribution in [2.45, 2.75) is 44.7 Å². The van der Waals surface area contributed by atoms with Gasteiger partial charge in [-0.2, -0.15) is 0 Å². The monoisotopic (exact) mass is 420 g/mol. The van der Waals surface area contributed by atoms with Gasteiger partial charge in [-0.05, 0) is 66.1 Å². The van der Waals surface area contributed by atoms with E-state index >= 15 is 0 Å². The third-order valence-corrected chi connectivity index (χ3v) is 6.60. The van der Waals surface area contributed by atoms with Crippen LogP contribution in [0, 0.1) is 0 Å². The Kier molecular flexibility index (Phi) is 4.49. The molecule has 5 nitrogen and oxygen atoms in total. The summed E-state index contributed by atoms with van der Waals surface area (Å²) in [6.45, 7) is 2.70. The van der Waals surface area contributed by atoms with Gasteiger partial charge in [-0.25, -0.2) is 4.99 Å². The van der Waals surface area contributed by atoms with E-state index < -0.39 is 0 Å². The average Bonchev–Trinajstić information content (AvgIpc) is 3.47. The van der Waals surface area contributed by atoms with Crippen LogP contribution < -0.4 is 5.32 Å². The number of benzene rings is 2. The summed E-state index contributed by atoms with van der Waals surface area (Å²) in [5, 5.41) is 3.15. The zero-order chi connectivity index (χ0) is 21.7. The summed E-state index contributed by atoms with van der Waals surface area (Å²) in [7, 11) is 0. The van der Waals surface area contributed by atoms with Crippen LogP contribution in [0.3, 0.4) is 0 Å². The van der Waals surface area contributed by atoms with Gasteiger partial charge >= 0.3 is 0 Å². The maximum absolute atomic E-state index is 13.0. The van der Waals surface area contributed by atoms with Crippen LogP contribution in [0.15, 0.2) is 70.9 Å². The topological polar surface area (TPSA) is 66.7 Å². The number of amides is 1. The molecule has 0 bridgehead atoms. The van der Waals surface area contributed by atoms with Crippen molar-refractivity contribution in [1.82, 2.24) is 10.3 Å². The van der Waals surface area contributed by atoms with Gasteiger partial charge in [0.2, 0.25) is 0 Å². The minimum absolute atomic E-state index is 0.0527. The number of aliphatic imine (C=N–C) groups is 2. The molecule has 3 aliphatic rings. The van der Waals surface area contributed by atoms with Gasteiger partial charge in [0.1, 0.15) is 5.71 Å². The summed E-state index contributed by atoms with van der Waals surface area (Å²) in [4.78, 5) is 26.5. The van der Waals surface area contributed by atoms with Crippen LogP contribution in [0.1, 0.15) is 65.1 Å². The average molecular weight is 421 g/mol. The van der Waals surface area contributed by atoms with Gasteiger partial charge in [0, 0.05) is 29.9 Å². The SMILES string of the molecule is C[C@@H](NC(=O)C1=Nc2cc3c(cc2C1)CN=C3c1ccncc1)c1cccc(C2CC2)c1. The smallest absolute Gasteiger partial charge is 0.266 e. The van der Waals surface area contributed by atoms with Gasteiger partial charge in [-0.1, -0.05) is 30.3 Å². The molecule has 3 heterocycles. The molecule has 6 rings (SSSR count). The molecule has 1 aliphatic carbocycles. The van der Waals surface area contributed by atoms with Gasteiger partial charge < -0.3 is 5.32 Å². The van der Waals surface area contributed by atoms with Crippen molar-refractivity contribution < 1.29 is 4.79 Å². The Labute approximate surface area is 187 Å². The van der Waals surface area contributed by atoms with E-state index in [1.807, 2.05) is 19.1 Å². The number of pyridine rings is 1. The van der Waals surface area contributed by atoms with Gasteiger partial charge in [0.05, 0.1) is 24.0 Å². The van der Waals surface area contributed by atoms with E-state index in [0.717, 1.165) is 33.7 Å². The van der Waals surface area contributed by atoms with E-state index in [-0.39, 0.29) is 11.9 Å². The fraction of sp³-hybridized carbons (Fsp3) is 0.259. The first kappa shape index (κ1) is 19.1. The first-order chi connectivity index (χ1) is 15.7. The lowest BCUT2D eigenvalue weighted by molar-refractivity contribution is -0.115. The fourth-order valence-electron chi connectivity index (χ4n) is 4.65. The maximum atomic E-state index is 13.0. The van der Waals surface area contributed by atoms with Crippen molar-refractivity contribution in [3.63, 3.8) is 0 Å². The van der Waals surface area contributed by atoms with Crippen LogP contribution in [0.25, 0.3) is 0 Å². The van der Waals surface area contributed by atoms with Crippen LogP contribution in [0.2, 0.25) is 0 Å². The first-order valence-electron chi connectivity index (χ1n) is 11.2. The van der Waals surface area contributed by atoms with Crippen molar-refractivity contribution in [2.75, 3.05) is 0 Å². The van der Waals surface area contributed by atoms with Crippen LogP contribution >= 0.6 is 0 Å². The summed E-state index contributed by atoms with van der Waals surface area (Å²) >= 11 is 0. The van der Waals surface area contributed by atoms with Crippen molar-refractivity contribution in [3.8, 4) is 0 Å². The number of nitrogens with one attached hydrogen (secondary N) is 1. The number of carbonyl (C=O) groups is 1.